The lowest BCUT2D eigenvalue weighted by Gasteiger charge is -2.41. The van der Waals surface area contributed by atoms with Crippen molar-refractivity contribution in [2.75, 3.05) is 42.4 Å². The summed E-state index contributed by atoms with van der Waals surface area (Å²) >= 11 is 0. The number of carbonyl (C=O) groups excluding carboxylic acids is 1. The minimum atomic E-state index is -4.79. The van der Waals surface area contributed by atoms with Gasteiger partial charge in [-0.2, -0.15) is 22.0 Å². The minimum Gasteiger partial charge on any atom is -0.459 e. The van der Waals surface area contributed by atoms with Gasteiger partial charge in [0.2, 0.25) is 0 Å². The van der Waals surface area contributed by atoms with E-state index in [1.807, 2.05) is 4.90 Å². The van der Waals surface area contributed by atoms with Crippen LogP contribution in [-0.2, 0) is 25.7 Å². The third-order valence-corrected chi connectivity index (χ3v) is 9.70. The van der Waals surface area contributed by atoms with E-state index in [1.165, 1.54) is 6.07 Å². The fourth-order valence-corrected chi connectivity index (χ4v) is 6.58. The molecule has 0 atom stereocenters. The first-order valence-electron chi connectivity index (χ1n) is 14.9. The zero-order valence-corrected chi connectivity index (χ0v) is 28.1. The van der Waals surface area contributed by atoms with E-state index in [0.29, 0.717) is 24.8 Å². The van der Waals surface area contributed by atoms with Crippen LogP contribution in [0.25, 0.3) is 11.1 Å². The molecule has 15 heteroatoms. The maximum absolute atomic E-state index is 14.4. The van der Waals surface area contributed by atoms with E-state index in [9.17, 15) is 39.6 Å². The Morgan fingerprint density at radius 3 is 2.23 bits per heavy atom. The molecule has 0 aromatic heterocycles. The van der Waals surface area contributed by atoms with Crippen molar-refractivity contribution in [1.82, 2.24) is 4.90 Å². The number of sulfonamides is 1. The van der Waals surface area contributed by atoms with Gasteiger partial charge in [-0.1, -0.05) is 12.1 Å². The van der Waals surface area contributed by atoms with Gasteiger partial charge in [-0.15, -0.1) is 0 Å². The van der Waals surface area contributed by atoms with Crippen LogP contribution in [0.15, 0.2) is 65.6 Å². The van der Waals surface area contributed by atoms with E-state index < -0.39 is 61.9 Å². The number of hydrogen-bond acceptors (Lipinski definition) is 7. The Bertz CT molecular complexity index is 1760. The van der Waals surface area contributed by atoms with Crippen LogP contribution in [0.5, 0.6) is 5.75 Å². The number of anilines is 2. The molecule has 0 spiro atoms. The molecule has 0 amide bonds. The molecule has 0 bridgehead atoms. The first-order chi connectivity index (χ1) is 22.1. The van der Waals surface area contributed by atoms with Crippen LogP contribution in [-0.4, -0.2) is 70.3 Å². The minimum absolute atomic E-state index is 0.0748. The van der Waals surface area contributed by atoms with Crippen molar-refractivity contribution < 1.29 is 49.0 Å². The molecule has 0 aliphatic carbocycles. The lowest BCUT2D eigenvalue weighted by molar-refractivity contribution is -0.167. The highest BCUT2D eigenvalue weighted by atomic mass is 32.2. The summed E-state index contributed by atoms with van der Waals surface area (Å²) in [5.41, 5.74) is -2.07. The Hall–Kier alpha value is -3.98. The first kappa shape index (κ1) is 36.8. The van der Waals surface area contributed by atoms with Gasteiger partial charge in [-0.25, -0.2) is 12.8 Å². The number of benzene rings is 3. The van der Waals surface area contributed by atoms with E-state index in [1.54, 1.807) is 58.7 Å². The van der Waals surface area contributed by atoms with E-state index in [-0.39, 0.29) is 29.9 Å². The molecule has 0 N–H and O–H groups in total. The second kappa shape index (κ2) is 13.5. The lowest BCUT2D eigenvalue weighted by Crippen LogP contribution is -2.53. The molecule has 48 heavy (non-hydrogen) atoms. The zero-order chi connectivity index (χ0) is 35.8. The van der Waals surface area contributed by atoms with E-state index >= 15 is 0 Å². The number of carbonyl (C=O) groups is 1. The standard InChI is InChI=1S/C33H37F6N3O5S/c1-31(2,3)47-29(43)32(4,5)40(6)12-13-41-14-15-42(48(44,45)26-9-7-8-23(19-26)33(37,38)39)28-18-21(10-11-27(28)41)22-16-24(34)20-25(17-22)46-30(35)36/h7-11,16-20,30H,12-15H2,1-6H3. The number of ether oxygens (including phenoxy) is 2. The van der Waals surface area contributed by atoms with E-state index in [2.05, 4.69) is 4.74 Å². The van der Waals surface area contributed by atoms with Crippen molar-refractivity contribution in [2.45, 2.75) is 63.4 Å². The number of esters is 1. The third kappa shape index (κ3) is 8.35. The highest BCUT2D eigenvalue weighted by Gasteiger charge is 2.38. The summed E-state index contributed by atoms with van der Waals surface area (Å²) in [4.78, 5) is 16.0. The van der Waals surface area contributed by atoms with Gasteiger partial charge in [0.05, 0.1) is 28.4 Å². The van der Waals surface area contributed by atoms with Crippen molar-refractivity contribution in [3.63, 3.8) is 0 Å². The molecule has 4 rings (SSSR count). The Kier molecular flexibility index (Phi) is 10.4. The number of alkyl halides is 5. The summed E-state index contributed by atoms with van der Waals surface area (Å²) in [6, 6.07) is 10.9. The predicted octanol–water partition coefficient (Wildman–Crippen LogP) is 7.18. The quantitative estimate of drug-likeness (QED) is 0.164. The predicted molar refractivity (Wildman–Crippen MR) is 169 cm³/mol. The van der Waals surface area contributed by atoms with E-state index in [0.717, 1.165) is 40.7 Å². The number of rotatable bonds is 10. The number of nitrogens with zero attached hydrogens (tertiary/aromatic N) is 3. The first-order valence-corrected chi connectivity index (χ1v) is 16.3. The third-order valence-electron chi connectivity index (χ3n) is 7.90. The van der Waals surface area contributed by atoms with Gasteiger partial charge in [-0.3, -0.25) is 14.0 Å². The smallest absolute Gasteiger partial charge is 0.416 e. The zero-order valence-electron chi connectivity index (χ0n) is 27.2. The summed E-state index contributed by atoms with van der Waals surface area (Å²) in [7, 11) is -2.82. The van der Waals surface area contributed by atoms with Crippen molar-refractivity contribution in [1.29, 1.82) is 0 Å². The number of halogens is 6. The monoisotopic (exact) mass is 701 g/mol. The van der Waals surface area contributed by atoms with Crippen LogP contribution >= 0.6 is 0 Å². The summed E-state index contributed by atoms with van der Waals surface area (Å²) in [5, 5.41) is 0. The fourth-order valence-electron chi connectivity index (χ4n) is 5.07. The Balaban J connectivity index is 1.75. The average Bonchev–Trinajstić information content (AvgIpc) is 2.97. The largest absolute Gasteiger partial charge is 0.459 e. The second-order valence-corrected chi connectivity index (χ2v) is 14.7. The van der Waals surface area contributed by atoms with Crippen LogP contribution < -0.4 is 13.9 Å². The van der Waals surface area contributed by atoms with Crippen LogP contribution in [0.3, 0.4) is 0 Å². The van der Waals surface area contributed by atoms with Crippen molar-refractivity contribution in [2.24, 2.45) is 0 Å². The van der Waals surface area contributed by atoms with Gasteiger partial charge in [0.1, 0.15) is 22.7 Å². The molecule has 0 fully saturated rings. The molecule has 3 aromatic carbocycles. The van der Waals surface area contributed by atoms with Crippen LogP contribution in [0.2, 0.25) is 0 Å². The van der Waals surface area contributed by atoms with Gasteiger partial charge in [0, 0.05) is 25.7 Å². The Morgan fingerprint density at radius 1 is 0.917 bits per heavy atom. The maximum atomic E-state index is 14.4. The highest BCUT2D eigenvalue weighted by molar-refractivity contribution is 7.92. The molecule has 1 aliphatic heterocycles. The summed E-state index contributed by atoms with van der Waals surface area (Å²) < 4.78 is 119. The van der Waals surface area contributed by atoms with E-state index in [4.69, 9.17) is 4.74 Å². The summed E-state index contributed by atoms with van der Waals surface area (Å²) in [5.74, 6) is -1.78. The number of hydrogen-bond donors (Lipinski definition) is 0. The molecule has 0 saturated carbocycles. The number of likely N-dealkylation sites (N-methyl/N-ethyl adjacent to an activating group) is 1. The topological polar surface area (TPSA) is 79.4 Å². The number of fused-ring (bicyclic) bond motifs is 1. The SMILES string of the molecule is CN(CCN1CCN(S(=O)(=O)c2cccc(C(F)(F)F)c2)c2cc(-c3cc(F)cc(OC(F)F)c3)ccc21)C(C)(C)C(=O)OC(C)(C)C. The summed E-state index contributed by atoms with van der Waals surface area (Å²) in [6.45, 7) is 6.08. The maximum Gasteiger partial charge on any atom is 0.416 e. The second-order valence-electron chi connectivity index (χ2n) is 12.8. The van der Waals surface area contributed by atoms with Crippen LogP contribution in [0, 0.1) is 5.82 Å². The highest BCUT2D eigenvalue weighted by Crippen LogP contribution is 2.41. The van der Waals surface area contributed by atoms with Gasteiger partial charge in [0.25, 0.3) is 10.0 Å². The molecule has 1 heterocycles. The summed E-state index contributed by atoms with van der Waals surface area (Å²) in [6.07, 6.45) is -4.79. The normalized spacial score (nSPS) is 14.4. The van der Waals surface area contributed by atoms with Crippen molar-refractivity contribution in [3.8, 4) is 16.9 Å². The van der Waals surface area contributed by atoms with Crippen LogP contribution in [0.1, 0.15) is 40.2 Å². The Labute approximate surface area is 275 Å². The molecule has 0 unspecified atom stereocenters. The average molecular weight is 702 g/mol. The molecule has 3 aromatic rings. The molecule has 262 valence electrons. The van der Waals surface area contributed by atoms with Gasteiger partial charge < -0.3 is 14.4 Å². The molecule has 0 saturated heterocycles. The lowest BCUT2D eigenvalue weighted by atomic mass is 10.0. The Morgan fingerprint density at radius 2 is 1.60 bits per heavy atom. The van der Waals surface area contributed by atoms with Gasteiger partial charge in [-0.05, 0) is 95.3 Å². The molecular weight excluding hydrogens is 664 g/mol. The van der Waals surface area contributed by atoms with Crippen LogP contribution in [0.4, 0.5) is 37.7 Å². The fraction of sp³-hybridized carbons (Fsp3) is 0.424. The van der Waals surface area contributed by atoms with Crippen molar-refractivity contribution >= 4 is 27.4 Å². The van der Waals surface area contributed by atoms with Gasteiger partial charge in [0.15, 0.2) is 0 Å². The molecule has 1 aliphatic rings. The molecule has 0 radical (unpaired) electrons. The van der Waals surface area contributed by atoms with Gasteiger partial charge >= 0.3 is 18.8 Å². The molecular formula is C33H37F6N3O5S. The molecule has 8 nitrogen and oxygen atoms in total. The van der Waals surface area contributed by atoms with Crippen molar-refractivity contribution in [3.05, 3.63) is 72.0 Å².